The molecule has 0 atom stereocenters. The molecule has 3 rings (SSSR count). The minimum atomic E-state index is 0.0512. The van der Waals surface area contributed by atoms with Crippen molar-refractivity contribution in [2.24, 2.45) is 0 Å². The third-order valence-corrected chi connectivity index (χ3v) is 4.73. The van der Waals surface area contributed by atoms with E-state index in [0.29, 0.717) is 0 Å². The number of halogens is 1. The largest absolute Gasteiger partial charge is 0.381 e. The number of anilines is 1. The Morgan fingerprint density at radius 3 is 2.48 bits per heavy atom. The normalized spacial score (nSPS) is 17.0. The zero-order valence-corrected chi connectivity index (χ0v) is 14.4. The summed E-state index contributed by atoms with van der Waals surface area (Å²) in [6.45, 7) is 6.30. The summed E-state index contributed by atoms with van der Waals surface area (Å²) < 4.78 is 5.58. The number of hydrogen-bond acceptors (Lipinski definition) is 4. The van der Waals surface area contributed by atoms with Crippen molar-refractivity contribution < 1.29 is 4.74 Å². The van der Waals surface area contributed by atoms with Crippen molar-refractivity contribution in [2.45, 2.75) is 32.1 Å². The number of nitrogens with zero attached hydrogens (tertiary/aromatic N) is 2. The van der Waals surface area contributed by atoms with Gasteiger partial charge < -0.3 is 10.1 Å². The second kappa shape index (κ2) is 6.85. The van der Waals surface area contributed by atoms with E-state index in [2.05, 4.69) is 27.4 Å². The third-order valence-electron chi connectivity index (χ3n) is 4.48. The highest BCUT2D eigenvalue weighted by atomic mass is 35.5. The molecule has 0 unspecified atom stereocenters. The molecule has 1 saturated heterocycles. The lowest BCUT2D eigenvalue weighted by molar-refractivity contribution is 0.0543. The van der Waals surface area contributed by atoms with Gasteiger partial charge in [0.15, 0.2) is 0 Å². The van der Waals surface area contributed by atoms with Gasteiger partial charge in [-0.1, -0.05) is 23.7 Å². The summed E-state index contributed by atoms with van der Waals surface area (Å²) in [5, 5.41) is 4.28. The van der Waals surface area contributed by atoms with Crippen LogP contribution >= 0.6 is 11.6 Å². The van der Waals surface area contributed by atoms with Crippen molar-refractivity contribution in [1.82, 2.24) is 9.97 Å². The monoisotopic (exact) mass is 331 g/mol. The summed E-state index contributed by atoms with van der Waals surface area (Å²) in [6.07, 6.45) is 1.98. The smallest absolute Gasteiger partial charge is 0.129 e. The first-order valence-electron chi connectivity index (χ1n) is 7.97. The third kappa shape index (κ3) is 3.82. The van der Waals surface area contributed by atoms with Crippen LogP contribution in [0.4, 0.5) is 5.82 Å². The van der Waals surface area contributed by atoms with E-state index in [-0.39, 0.29) is 5.41 Å². The molecule has 23 heavy (non-hydrogen) atoms. The standard InChI is InChI=1S/C18H22ClN3O/c1-13-11-17(22-14(2)21-13)20-12-18(7-9-23-10-8-18)15-3-5-16(19)6-4-15/h3-6,11H,7-10,12H2,1-2H3,(H,20,21,22). The van der Waals surface area contributed by atoms with E-state index in [0.717, 1.165) is 55.0 Å². The maximum Gasteiger partial charge on any atom is 0.129 e. The predicted octanol–water partition coefficient (Wildman–Crippen LogP) is 3.91. The molecule has 5 heteroatoms. The summed E-state index contributed by atoms with van der Waals surface area (Å²) in [7, 11) is 0. The second-order valence-corrected chi connectivity index (χ2v) is 6.63. The van der Waals surface area contributed by atoms with Gasteiger partial charge in [-0.25, -0.2) is 9.97 Å². The second-order valence-electron chi connectivity index (χ2n) is 6.19. The van der Waals surface area contributed by atoms with Gasteiger partial charge in [0.2, 0.25) is 0 Å². The van der Waals surface area contributed by atoms with Crippen molar-refractivity contribution in [1.29, 1.82) is 0 Å². The SMILES string of the molecule is Cc1cc(NCC2(c3ccc(Cl)cc3)CCOCC2)nc(C)n1. The van der Waals surface area contributed by atoms with E-state index in [1.165, 1.54) is 5.56 Å². The van der Waals surface area contributed by atoms with Crippen LogP contribution in [0.3, 0.4) is 0 Å². The number of ether oxygens (including phenoxy) is 1. The van der Waals surface area contributed by atoms with Crippen LogP contribution in [-0.4, -0.2) is 29.7 Å². The molecular weight excluding hydrogens is 310 g/mol. The van der Waals surface area contributed by atoms with Gasteiger partial charge in [0, 0.05) is 42.0 Å². The van der Waals surface area contributed by atoms with Crippen molar-refractivity contribution >= 4 is 17.4 Å². The lowest BCUT2D eigenvalue weighted by Crippen LogP contribution is -2.40. The van der Waals surface area contributed by atoms with Crippen LogP contribution in [0.1, 0.15) is 29.9 Å². The molecule has 1 aromatic heterocycles. The molecule has 2 heterocycles. The van der Waals surface area contributed by atoms with E-state index in [1.54, 1.807) is 0 Å². The molecule has 122 valence electrons. The molecular formula is C18H22ClN3O. The number of rotatable bonds is 4. The highest BCUT2D eigenvalue weighted by Crippen LogP contribution is 2.35. The van der Waals surface area contributed by atoms with E-state index < -0.39 is 0 Å². The molecule has 4 nitrogen and oxygen atoms in total. The molecule has 0 saturated carbocycles. The highest BCUT2D eigenvalue weighted by Gasteiger charge is 2.34. The Kier molecular flexibility index (Phi) is 4.83. The van der Waals surface area contributed by atoms with Gasteiger partial charge >= 0.3 is 0 Å². The van der Waals surface area contributed by atoms with Gasteiger partial charge in [0.1, 0.15) is 11.6 Å². The lowest BCUT2D eigenvalue weighted by Gasteiger charge is -2.38. The van der Waals surface area contributed by atoms with E-state index in [4.69, 9.17) is 16.3 Å². The molecule has 1 aliphatic rings. The predicted molar refractivity (Wildman–Crippen MR) is 93.2 cm³/mol. The minimum Gasteiger partial charge on any atom is -0.381 e. The average Bonchev–Trinajstić information content (AvgIpc) is 2.54. The fourth-order valence-electron chi connectivity index (χ4n) is 3.20. The van der Waals surface area contributed by atoms with E-state index in [1.807, 2.05) is 32.0 Å². The molecule has 0 bridgehead atoms. The van der Waals surface area contributed by atoms with Crippen molar-refractivity contribution in [3.8, 4) is 0 Å². The summed E-state index contributed by atoms with van der Waals surface area (Å²) in [5.41, 5.74) is 2.34. The minimum absolute atomic E-state index is 0.0512. The van der Waals surface area contributed by atoms with Crippen LogP contribution < -0.4 is 5.32 Å². The van der Waals surface area contributed by atoms with Gasteiger partial charge in [-0.3, -0.25) is 0 Å². The molecule has 1 N–H and O–H groups in total. The number of hydrogen-bond donors (Lipinski definition) is 1. The van der Waals surface area contributed by atoms with Crippen LogP contribution in [0.25, 0.3) is 0 Å². The first-order chi connectivity index (χ1) is 11.1. The number of benzene rings is 1. The summed E-state index contributed by atoms with van der Waals surface area (Å²) in [4.78, 5) is 8.81. The topological polar surface area (TPSA) is 47.0 Å². The highest BCUT2D eigenvalue weighted by molar-refractivity contribution is 6.30. The summed E-state index contributed by atoms with van der Waals surface area (Å²) >= 11 is 6.05. The van der Waals surface area contributed by atoms with Crippen LogP contribution in [0.5, 0.6) is 0 Å². The summed E-state index contributed by atoms with van der Waals surface area (Å²) in [5.74, 6) is 1.68. The Morgan fingerprint density at radius 1 is 1.13 bits per heavy atom. The summed E-state index contributed by atoms with van der Waals surface area (Å²) in [6, 6.07) is 10.2. The Labute approximate surface area is 142 Å². The maximum atomic E-state index is 6.05. The first-order valence-corrected chi connectivity index (χ1v) is 8.35. The van der Waals surface area contributed by atoms with Gasteiger partial charge in [-0.15, -0.1) is 0 Å². The quantitative estimate of drug-likeness (QED) is 0.922. The van der Waals surface area contributed by atoms with Crippen LogP contribution in [-0.2, 0) is 10.2 Å². The van der Waals surface area contributed by atoms with Crippen LogP contribution in [0.15, 0.2) is 30.3 Å². The van der Waals surface area contributed by atoms with Crippen molar-refractivity contribution in [3.05, 3.63) is 52.4 Å². The van der Waals surface area contributed by atoms with Gasteiger partial charge in [0.05, 0.1) is 0 Å². The Hall–Kier alpha value is -1.65. The molecule has 1 aliphatic heterocycles. The Bertz CT molecular complexity index is 646. The zero-order chi connectivity index (χ0) is 16.3. The fraction of sp³-hybridized carbons (Fsp3) is 0.444. The molecule has 1 aromatic carbocycles. The molecule has 0 aliphatic carbocycles. The van der Waals surface area contributed by atoms with Gasteiger partial charge in [-0.2, -0.15) is 0 Å². The van der Waals surface area contributed by atoms with E-state index in [9.17, 15) is 0 Å². The van der Waals surface area contributed by atoms with Gasteiger partial charge in [-0.05, 0) is 44.4 Å². The average molecular weight is 332 g/mol. The molecule has 0 amide bonds. The maximum absolute atomic E-state index is 6.05. The van der Waals surface area contributed by atoms with Crippen LogP contribution in [0, 0.1) is 13.8 Å². The first kappa shape index (κ1) is 16.2. The van der Waals surface area contributed by atoms with Gasteiger partial charge in [0.25, 0.3) is 0 Å². The van der Waals surface area contributed by atoms with Crippen LogP contribution in [0.2, 0.25) is 5.02 Å². The van der Waals surface area contributed by atoms with Crippen molar-refractivity contribution in [3.63, 3.8) is 0 Å². The fourth-order valence-corrected chi connectivity index (χ4v) is 3.33. The molecule has 1 fully saturated rings. The van der Waals surface area contributed by atoms with E-state index >= 15 is 0 Å². The Morgan fingerprint density at radius 2 is 1.83 bits per heavy atom. The lowest BCUT2D eigenvalue weighted by atomic mass is 9.74. The molecule has 2 aromatic rings. The molecule has 0 radical (unpaired) electrons. The Balaban J connectivity index is 1.83. The zero-order valence-electron chi connectivity index (χ0n) is 13.6. The molecule has 0 spiro atoms. The number of aryl methyl sites for hydroxylation is 2. The number of nitrogens with one attached hydrogen (secondary N) is 1. The van der Waals surface area contributed by atoms with Crippen molar-refractivity contribution in [2.75, 3.05) is 25.1 Å². The number of aromatic nitrogens is 2.